The van der Waals surface area contributed by atoms with Gasteiger partial charge in [-0.1, -0.05) is 19.9 Å². The number of aromatic nitrogens is 4. The maximum Gasteiger partial charge on any atom is 0.191 e. The van der Waals surface area contributed by atoms with Gasteiger partial charge in [-0.2, -0.15) is 5.10 Å². The summed E-state index contributed by atoms with van der Waals surface area (Å²) in [5, 5.41) is 11.5. The van der Waals surface area contributed by atoms with Crippen LogP contribution in [0.4, 0.5) is 0 Å². The van der Waals surface area contributed by atoms with E-state index in [1.54, 1.807) is 0 Å². The number of aryl methyl sites for hydroxylation is 2. The van der Waals surface area contributed by atoms with Gasteiger partial charge in [-0.3, -0.25) is 4.98 Å². The Hall–Kier alpha value is -1.71. The maximum absolute atomic E-state index is 4.71. The number of aliphatic imine (C=N–C) groups is 1. The molecule has 8 heteroatoms. The largest absolute Gasteiger partial charge is 0.357 e. The number of hydrogen-bond acceptors (Lipinski definition) is 4. The van der Waals surface area contributed by atoms with Crippen LogP contribution in [0.3, 0.4) is 0 Å². The summed E-state index contributed by atoms with van der Waals surface area (Å²) in [5.74, 6) is 3.22. The van der Waals surface area contributed by atoms with E-state index in [1.165, 1.54) is 5.56 Å². The molecule has 1 atom stereocenters. The van der Waals surface area contributed by atoms with Crippen LogP contribution in [0.1, 0.15) is 56.0 Å². The highest BCUT2D eigenvalue weighted by Crippen LogP contribution is 2.17. The van der Waals surface area contributed by atoms with Crippen LogP contribution in [-0.4, -0.2) is 38.3 Å². The monoisotopic (exact) mass is 483 g/mol. The fourth-order valence-electron chi connectivity index (χ4n) is 3.04. The van der Waals surface area contributed by atoms with Crippen LogP contribution in [0.25, 0.3) is 0 Å². The fraction of sp³-hybridized carbons (Fsp3) is 0.579. The van der Waals surface area contributed by atoms with Gasteiger partial charge in [-0.25, -0.2) is 14.7 Å². The van der Waals surface area contributed by atoms with Crippen molar-refractivity contribution in [3.05, 3.63) is 41.2 Å². The average Bonchev–Trinajstić information content (AvgIpc) is 3.05. The third-order valence-electron chi connectivity index (χ3n) is 4.58. The molecule has 1 unspecified atom stereocenters. The SMILES string of the molecule is CCNC(=NCc1ncccc1C)NC1CCc2nc(C(C)C)nn2C1.I. The number of fused-ring (bicyclic) bond motifs is 1. The summed E-state index contributed by atoms with van der Waals surface area (Å²) in [6.45, 7) is 10.6. The van der Waals surface area contributed by atoms with E-state index in [0.717, 1.165) is 49.2 Å². The molecular formula is C19H30IN7. The Morgan fingerprint density at radius 2 is 2.22 bits per heavy atom. The van der Waals surface area contributed by atoms with Gasteiger partial charge in [0.15, 0.2) is 11.8 Å². The Kier molecular flexibility index (Phi) is 8.00. The molecule has 2 aromatic rings. The van der Waals surface area contributed by atoms with E-state index < -0.39 is 0 Å². The molecule has 3 heterocycles. The summed E-state index contributed by atoms with van der Waals surface area (Å²) in [7, 11) is 0. The standard InChI is InChI=1S/C19H29N7.HI/c1-5-20-19(22-11-16-14(4)7-6-10-21-16)23-15-8-9-17-24-18(13(2)3)25-26(17)12-15;/h6-7,10,13,15H,5,8-9,11-12H2,1-4H3,(H2,20,22,23);1H. The van der Waals surface area contributed by atoms with Crippen molar-refractivity contribution in [3.8, 4) is 0 Å². The van der Waals surface area contributed by atoms with E-state index in [0.29, 0.717) is 18.5 Å². The first-order valence-corrected chi connectivity index (χ1v) is 9.45. The van der Waals surface area contributed by atoms with E-state index in [2.05, 4.69) is 59.5 Å². The molecule has 0 radical (unpaired) electrons. The lowest BCUT2D eigenvalue weighted by molar-refractivity contribution is 0.391. The van der Waals surface area contributed by atoms with E-state index in [-0.39, 0.29) is 24.0 Å². The van der Waals surface area contributed by atoms with Crippen LogP contribution in [0.15, 0.2) is 23.3 Å². The molecule has 0 spiro atoms. The molecule has 7 nitrogen and oxygen atoms in total. The molecule has 0 amide bonds. The first kappa shape index (κ1) is 21.6. The first-order chi connectivity index (χ1) is 12.6. The summed E-state index contributed by atoms with van der Waals surface area (Å²) < 4.78 is 2.04. The molecule has 0 fully saturated rings. The normalized spacial score (nSPS) is 16.6. The van der Waals surface area contributed by atoms with E-state index in [4.69, 9.17) is 4.99 Å². The van der Waals surface area contributed by atoms with Crippen LogP contribution in [0.5, 0.6) is 0 Å². The lowest BCUT2D eigenvalue weighted by Crippen LogP contribution is -2.47. The highest BCUT2D eigenvalue weighted by atomic mass is 127. The highest BCUT2D eigenvalue weighted by molar-refractivity contribution is 14.0. The van der Waals surface area contributed by atoms with Gasteiger partial charge in [-0.15, -0.1) is 24.0 Å². The number of rotatable bonds is 5. The molecule has 0 bridgehead atoms. The molecule has 148 valence electrons. The van der Waals surface area contributed by atoms with Gasteiger partial charge in [-0.05, 0) is 31.9 Å². The van der Waals surface area contributed by atoms with Crippen molar-refractivity contribution < 1.29 is 0 Å². The molecular weight excluding hydrogens is 453 g/mol. The molecule has 3 rings (SSSR count). The van der Waals surface area contributed by atoms with Crippen LogP contribution in [0.2, 0.25) is 0 Å². The van der Waals surface area contributed by atoms with Crippen LogP contribution in [0, 0.1) is 6.92 Å². The lowest BCUT2D eigenvalue weighted by Gasteiger charge is -2.25. The summed E-state index contributed by atoms with van der Waals surface area (Å²) in [5.41, 5.74) is 2.17. The van der Waals surface area contributed by atoms with Crippen LogP contribution < -0.4 is 10.6 Å². The van der Waals surface area contributed by atoms with Crippen molar-refractivity contribution in [2.75, 3.05) is 6.54 Å². The lowest BCUT2D eigenvalue weighted by atomic mass is 10.1. The van der Waals surface area contributed by atoms with Crippen LogP contribution in [-0.2, 0) is 19.5 Å². The molecule has 0 aliphatic carbocycles. The van der Waals surface area contributed by atoms with Crippen molar-refractivity contribution >= 4 is 29.9 Å². The predicted octanol–water partition coefficient (Wildman–Crippen LogP) is 2.79. The van der Waals surface area contributed by atoms with E-state index >= 15 is 0 Å². The topological polar surface area (TPSA) is 80.0 Å². The van der Waals surface area contributed by atoms with Crippen molar-refractivity contribution in [3.63, 3.8) is 0 Å². The number of pyridine rings is 1. The van der Waals surface area contributed by atoms with Gasteiger partial charge in [0.25, 0.3) is 0 Å². The summed E-state index contributed by atoms with van der Waals surface area (Å²) in [6.07, 6.45) is 3.79. The van der Waals surface area contributed by atoms with Crippen molar-refractivity contribution in [2.45, 2.75) is 65.6 Å². The summed E-state index contributed by atoms with van der Waals surface area (Å²) >= 11 is 0. The Balaban J connectivity index is 0.00000261. The Labute approximate surface area is 178 Å². The van der Waals surface area contributed by atoms with Gasteiger partial charge >= 0.3 is 0 Å². The van der Waals surface area contributed by atoms with Gasteiger partial charge < -0.3 is 10.6 Å². The molecule has 2 N–H and O–H groups in total. The van der Waals surface area contributed by atoms with Gasteiger partial charge in [0.1, 0.15) is 5.82 Å². The van der Waals surface area contributed by atoms with E-state index in [1.807, 2.05) is 16.9 Å². The second kappa shape index (κ2) is 10.0. The zero-order chi connectivity index (χ0) is 18.5. The minimum absolute atomic E-state index is 0. The number of nitrogens with zero attached hydrogens (tertiary/aromatic N) is 5. The van der Waals surface area contributed by atoms with E-state index in [9.17, 15) is 0 Å². The van der Waals surface area contributed by atoms with Crippen molar-refractivity contribution in [1.29, 1.82) is 0 Å². The number of nitrogens with one attached hydrogen (secondary N) is 2. The maximum atomic E-state index is 4.71. The molecule has 1 aliphatic rings. The molecule has 1 aliphatic heterocycles. The molecule has 0 aromatic carbocycles. The number of hydrogen-bond donors (Lipinski definition) is 2. The minimum Gasteiger partial charge on any atom is -0.357 e. The van der Waals surface area contributed by atoms with Gasteiger partial charge in [0.05, 0.1) is 18.8 Å². The Bertz CT molecular complexity index is 769. The molecule has 27 heavy (non-hydrogen) atoms. The smallest absolute Gasteiger partial charge is 0.191 e. The number of guanidine groups is 1. The Morgan fingerprint density at radius 1 is 1.41 bits per heavy atom. The zero-order valence-corrected chi connectivity index (χ0v) is 18.9. The second-order valence-electron chi connectivity index (χ2n) is 7.07. The third kappa shape index (κ3) is 5.63. The summed E-state index contributed by atoms with van der Waals surface area (Å²) in [6, 6.07) is 4.32. The average molecular weight is 483 g/mol. The molecule has 2 aromatic heterocycles. The van der Waals surface area contributed by atoms with Crippen LogP contribution >= 0.6 is 24.0 Å². The second-order valence-corrected chi connectivity index (χ2v) is 7.07. The van der Waals surface area contributed by atoms with Crippen molar-refractivity contribution in [1.82, 2.24) is 30.4 Å². The summed E-state index contributed by atoms with van der Waals surface area (Å²) in [4.78, 5) is 13.8. The minimum atomic E-state index is 0. The van der Waals surface area contributed by atoms with Gasteiger partial charge in [0.2, 0.25) is 0 Å². The molecule has 0 saturated heterocycles. The quantitative estimate of drug-likeness (QED) is 0.389. The fourth-order valence-corrected chi connectivity index (χ4v) is 3.04. The highest BCUT2D eigenvalue weighted by Gasteiger charge is 2.23. The van der Waals surface area contributed by atoms with Crippen molar-refractivity contribution in [2.24, 2.45) is 4.99 Å². The first-order valence-electron chi connectivity index (χ1n) is 9.45. The number of halogens is 1. The van der Waals surface area contributed by atoms with Gasteiger partial charge in [0, 0.05) is 31.1 Å². The Morgan fingerprint density at radius 3 is 2.93 bits per heavy atom. The zero-order valence-electron chi connectivity index (χ0n) is 16.6. The molecule has 0 saturated carbocycles. The third-order valence-corrected chi connectivity index (χ3v) is 4.58. The predicted molar refractivity (Wildman–Crippen MR) is 119 cm³/mol.